The summed E-state index contributed by atoms with van der Waals surface area (Å²) in [5, 5.41) is 2.79. The van der Waals surface area contributed by atoms with Crippen molar-refractivity contribution in [2.75, 3.05) is 6.61 Å². The molecule has 2 aliphatic heterocycles. The second-order valence-corrected chi connectivity index (χ2v) is 11.0. The Bertz CT molecular complexity index is 1640. The summed E-state index contributed by atoms with van der Waals surface area (Å²) in [5.41, 5.74) is 2.47. The molecule has 19 heteroatoms. The highest BCUT2D eigenvalue weighted by atomic mass is 32.2. The van der Waals surface area contributed by atoms with Gasteiger partial charge in [0.05, 0.1) is 5.56 Å². The van der Waals surface area contributed by atoms with Crippen LogP contribution in [0.3, 0.4) is 0 Å². The molecular formula is C23H16F9N3O6S. The molecule has 0 amide bonds. The smallest absolute Gasteiger partial charge is 0.460 e. The molecule has 2 aliphatic rings. The number of rotatable bonds is 5. The quantitative estimate of drug-likeness (QED) is 0.287. The molecule has 0 aliphatic carbocycles. The van der Waals surface area contributed by atoms with E-state index in [1.165, 1.54) is 26.1 Å². The Kier molecular flexibility index (Phi) is 6.86. The van der Waals surface area contributed by atoms with Crippen LogP contribution in [0.4, 0.5) is 39.5 Å². The van der Waals surface area contributed by atoms with Gasteiger partial charge in [-0.05, 0) is 38.1 Å². The van der Waals surface area contributed by atoms with Gasteiger partial charge in [-0.2, -0.15) is 47.9 Å². The predicted molar refractivity (Wildman–Crippen MR) is 123 cm³/mol. The van der Waals surface area contributed by atoms with E-state index < -0.39 is 62.9 Å². The summed E-state index contributed by atoms with van der Waals surface area (Å²) >= 11 is 0. The molecule has 3 heterocycles. The number of halogens is 9. The van der Waals surface area contributed by atoms with Crippen molar-refractivity contribution in [3.8, 4) is 29.2 Å². The first-order valence-corrected chi connectivity index (χ1v) is 12.6. The standard InChI is InChI=1S/C23H16F9N3O6S/c1-18(2,36)6-5-11-7-14-16(34-9-11)40-15-4-3-12(8-13(15)19(14)10-39-17(33)35-19)41-42(37,38)23(31,32)21(26,27)20(24,25)22(28,29)30/h3-4,7-9,36H,10H2,1-2H3,(H2,33,35). The van der Waals surface area contributed by atoms with E-state index in [1.807, 2.05) is 0 Å². The number of hydrogen-bond donors (Lipinski definition) is 2. The Balaban J connectivity index is 1.79. The summed E-state index contributed by atoms with van der Waals surface area (Å²) in [7, 11) is -7.23. The number of nitrogens with two attached hydrogens (primary N) is 1. The number of aliphatic imine (C=N–C) groups is 1. The first-order chi connectivity index (χ1) is 19.0. The molecular weight excluding hydrogens is 617 g/mol. The summed E-state index contributed by atoms with van der Waals surface area (Å²) in [6.07, 6.45) is -5.99. The molecule has 1 spiro atoms. The highest BCUT2D eigenvalue weighted by Gasteiger charge is 2.86. The molecule has 1 unspecified atom stereocenters. The maximum atomic E-state index is 14.2. The van der Waals surface area contributed by atoms with Gasteiger partial charge in [0, 0.05) is 17.3 Å². The fourth-order valence-corrected chi connectivity index (χ4v) is 4.65. The number of aliphatic hydroxyl groups is 1. The Morgan fingerprint density at radius 1 is 1.02 bits per heavy atom. The molecule has 1 aromatic heterocycles. The van der Waals surface area contributed by atoms with Crippen molar-refractivity contribution in [2.45, 2.75) is 48.3 Å². The van der Waals surface area contributed by atoms with Gasteiger partial charge in [-0.15, -0.1) is 0 Å². The number of fused-ring (bicyclic) bond motifs is 4. The molecule has 2 aromatic rings. The molecule has 9 nitrogen and oxygen atoms in total. The summed E-state index contributed by atoms with van der Waals surface area (Å²) in [6.45, 7) is 2.33. The minimum absolute atomic E-state index is 0.0553. The Morgan fingerprint density at radius 3 is 2.21 bits per heavy atom. The summed E-state index contributed by atoms with van der Waals surface area (Å²) in [4.78, 5) is 8.26. The van der Waals surface area contributed by atoms with Crippen LogP contribution in [0.25, 0.3) is 0 Å². The molecule has 0 bridgehead atoms. The van der Waals surface area contributed by atoms with Crippen molar-refractivity contribution in [2.24, 2.45) is 10.7 Å². The minimum atomic E-state index is -7.49. The third-order valence-electron chi connectivity index (χ3n) is 5.78. The largest absolute Gasteiger partial charge is 0.462 e. The van der Waals surface area contributed by atoms with E-state index in [1.54, 1.807) is 0 Å². The third-order valence-corrected chi connectivity index (χ3v) is 7.07. The summed E-state index contributed by atoms with van der Waals surface area (Å²) in [6, 6.07) is 2.98. The van der Waals surface area contributed by atoms with Crippen LogP contribution < -0.4 is 14.7 Å². The predicted octanol–water partition coefficient (Wildman–Crippen LogP) is 4.03. The molecule has 228 valence electrons. The normalized spacial score (nSPS) is 19.1. The van der Waals surface area contributed by atoms with Crippen molar-refractivity contribution in [1.82, 2.24) is 4.98 Å². The maximum absolute atomic E-state index is 14.2. The van der Waals surface area contributed by atoms with Gasteiger partial charge in [0.1, 0.15) is 23.7 Å². The van der Waals surface area contributed by atoms with E-state index in [0.717, 1.165) is 6.07 Å². The molecule has 3 N–H and O–H groups in total. The maximum Gasteiger partial charge on any atom is 0.460 e. The number of hydrogen-bond acceptors (Lipinski definition) is 9. The van der Waals surface area contributed by atoms with E-state index in [2.05, 4.69) is 26.0 Å². The monoisotopic (exact) mass is 633 g/mol. The summed E-state index contributed by atoms with van der Waals surface area (Å²) in [5.74, 6) is -11.3. The average molecular weight is 633 g/mol. The van der Waals surface area contributed by atoms with Gasteiger partial charge in [-0.1, -0.05) is 11.8 Å². The lowest BCUT2D eigenvalue weighted by Crippen LogP contribution is -2.63. The lowest BCUT2D eigenvalue weighted by atomic mass is 9.82. The second kappa shape index (κ2) is 9.29. The zero-order valence-corrected chi connectivity index (χ0v) is 21.7. The lowest BCUT2D eigenvalue weighted by Gasteiger charge is -2.33. The number of pyridine rings is 1. The topological polar surface area (TPSA) is 133 Å². The first-order valence-electron chi connectivity index (χ1n) is 11.2. The zero-order chi connectivity index (χ0) is 31.7. The van der Waals surface area contributed by atoms with Gasteiger partial charge in [0.25, 0.3) is 6.02 Å². The number of alkyl halides is 9. The number of amidine groups is 1. The van der Waals surface area contributed by atoms with Crippen LogP contribution in [0.2, 0.25) is 0 Å². The van der Waals surface area contributed by atoms with Crippen molar-refractivity contribution >= 4 is 16.1 Å². The number of nitrogens with zero attached hydrogens (tertiary/aromatic N) is 2. The first kappa shape index (κ1) is 31.0. The fourth-order valence-electron chi connectivity index (χ4n) is 3.75. The van der Waals surface area contributed by atoms with Gasteiger partial charge < -0.3 is 24.5 Å². The van der Waals surface area contributed by atoms with E-state index in [9.17, 15) is 53.0 Å². The van der Waals surface area contributed by atoms with Gasteiger partial charge in [0.2, 0.25) is 5.88 Å². The molecule has 4 rings (SSSR count). The van der Waals surface area contributed by atoms with Crippen LogP contribution in [-0.4, -0.2) is 60.0 Å². The van der Waals surface area contributed by atoms with Gasteiger partial charge in [-0.25, -0.2) is 9.98 Å². The number of ether oxygens (including phenoxy) is 2. The van der Waals surface area contributed by atoms with Crippen molar-refractivity contribution in [3.63, 3.8) is 0 Å². The van der Waals surface area contributed by atoms with Crippen LogP contribution in [-0.2, 0) is 20.4 Å². The Hall–Kier alpha value is -3.92. The van der Waals surface area contributed by atoms with E-state index in [4.69, 9.17) is 15.2 Å². The van der Waals surface area contributed by atoms with Crippen LogP contribution >= 0.6 is 0 Å². The summed E-state index contributed by atoms with van der Waals surface area (Å²) < 4.78 is 159. The van der Waals surface area contributed by atoms with Crippen LogP contribution in [0.5, 0.6) is 17.4 Å². The van der Waals surface area contributed by atoms with Crippen LogP contribution in [0, 0.1) is 11.8 Å². The molecule has 0 saturated heterocycles. The fraction of sp³-hybridized carbons (Fsp3) is 0.391. The molecule has 0 saturated carbocycles. The highest BCUT2D eigenvalue weighted by molar-refractivity contribution is 7.88. The second-order valence-electron chi connectivity index (χ2n) is 9.45. The minimum Gasteiger partial charge on any atom is -0.462 e. The molecule has 0 fully saturated rings. The van der Waals surface area contributed by atoms with Crippen molar-refractivity contribution in [3.05, 3.63) is 47.2 Å². The lowest BCUT2D eigenvalue weighted by molar-refractivity contribution is -0.382. The Morgan fingerprint density at radius 2 is 1.67 bits per heavy atom. The van der Waals surface area contributed by atoms with Crippen LogP contribution in [0.1, 0.15) is 30.5 Å². The van der Waals surface area contributed by atoms with Gasteiger partial charge in [-0.3, -0.25) is 0 Å². The van der Waals surface area contributed by atoms with E-state index in [0.29, 0.717) is 12.1 Å². The molecule has 0 radical (unpaired) electrons. The number of benzene rings is 1. The third kappa shape index (κ3) is 4.81. The number of aromatic nitrogens is 1. The van der Waals surface area contributed by atoms with Crippen molar-refractivity contribution < 1.29 is 66.7 Å². The zero-order valence-electron chi connectivity index (χ0n) is 20.9. The Labute approximate surface area is 230 Å². The van der Waals surface area contributed by atoms with Gasteiger partial charge in [0.15, 0.2) is 5.54 Å². The molecule has 42 heavy (non-hydrogen) atoms. The molecule has 1 aromatic carbocycles. The highest BCUT2D eigenvalue weighted by Crippen LogP contribution is 2.56. The van der Waals surface area contributed by atoms with E-state index >= 15 is 0 Å². The molecule has 1 atom stereocenters. The van der Waals surface area contributed by atoms with Crippen LogP contribution in [0.15, 0.2) is 35.5 Å². The van der Waals surface area contributed by atoms with Crippen molar-refractivity contribution in [1.29, 1.82) is 0 Å². The SMILES string of the molecule is CC(C)(O)C#Cc1cnc2c(c1)C1(COC(N)=N1)c1cc(OS(=O)(=O)C(F)(F)C(F)(F)C(F)(F)C(F)(F)F)ccc1O2. The van der Waals surface area contributed by atoms with E-state index in [-0.39, 0.29) is 28.3 Å². The van der Waals surface area contributed by atoms with Gasteiger partial charge >= 0.3 is 33.4 Å². The average Bonchev–Trinajstić information content (AvgIpc) is 3.24.